The Morgan fingerprint density at radius 3 is 1.84 bits per heavy atom. The number of aromatic nitrogens is 1. The number of hydrogen-bond acceptors (Lipinski definition) is 2. The van der Waals surface area contributed by atoms with Crippen molar-refractivity contribution in [2.75, 3.05) is 0 Å². The molecule has 1 atom stereocenters. The molecule has 0 radical (unpaired) electrons. The highest BCUT2D eigenvalue weighted by Gasteiger charge is 2.23. The number of rotatable bonds is 6. The van der Waals surface area contributed by atoms with Crippen molar-refractivity contribution in [3.63, 3.8) is 0 Å². The Morgan fingerprint density at radius 1 is 0.840 bits per heavy atom. The fourth-order valence-corrected chi connectivity index (χ4v) is 2.85. The maximum absolute atomic E-state index is 13.1. The molecule has 0 aliphatic heterocycles. The molecule has 1 amide bonds. The first-order valence-corrected chi connectivity index (χ1v) is 8.51. The van der Waals surface area contributed by atoms with E-state index in [2.05, 4.69) is 29.2 Å². The molecule has 126 valence electrons. The largest absolute Gasteiger partial charge is 0.333 e. The summed E-state index contributed by atoms with van der Waals surface area (Å²) in [5.74, 6) is -0.181. The minimum absolute atomic E-state index is 0.0893. The number of carbonyl (C=O) groups is 1. The van der Waals surface area contributed by atoms with Gasteiger partial charge in [0.2, 0.25) is 5.91 Å². The molecule has 0 saturated carbocycles. The molecule has 1 heterocycles. The first-order chi connectivity index (χ1) is 12.2. The van der Waals surface area contributed by atoms with Crippen LogP contribution in [0.4, 0.5) is 0 Å². The highest BCUT2D eigenvalue weighted by molar-refractivity contribution is 5.82. The van der Waals surface area contributed by atoms with Crippen LogP contribution in [-0.2, 0) is 17.9 Å². The van der Waals surface area contributed by atoms with Crippen LogP contribution in [-0.4, -0.2) is 15.8 Å². The predicted molar refractivity (Wildman–Crippen MR) is 99.8 cm³/mol. The molecule has 0 fully saturated rings. The van der Waals surface area contributed by atoms with E-state index in [9.17, 15) is 4.79 Å². The van der Waals surface area contributed by atoms with Crippen LogP contribution in [0.1, 0.15) is 29.7 Å². The van der Waals surface area contributed by atoms with E-state index in [0.29, 0.717) is 13.1 Å². The van der Waals surface area contributed by atoms with E-state index < -0.39 is 0 Å². The van der Waals surface area contributed by atoms with E-state index in [1.54, 1.807) is 6.20 Å². The lowest BCUT2D eigenvalue weighted by Gasteiger charge is -2.26. The minimum Gasteiger partial charge on any atom is -0.333 e. The second kappa shape index (κ2) is 8.25. The molecule has 0 N–H and O–H groups in total. The van der Waals surface area contributed by atoms with Gasteiger partial charge < -0.3 is 4.90 Å². The highest BCUT2D eigenvalue weighted by atomic mass is 16.2. The standard InChI is InChI=1S/C22H22N2O/c1-18(21-14-8-9-15-23-21)22(25)24(16-19-10-4-2-5-11-19)17-20-12-6-3-7-13-20/h2-15,18H,16-17H2,1H3. The molecule has 0 spiro atoms. The summed E-state index contributed by atoms with van der Waals surface area (Å²) in [6, 6.07) is 25.9. The molecule has 1 unspecified atom stereocenters. The van der Waals surface area contributed by atoms with Crippen LogP contribution in [0.15, 0.2) is 85.1 Å². The van der Waals surface area contributed by atoms with Crippen molar-refractivity contribution < 1.29 is 4.79 Å². The van der Waals surface area contributed by atoms with Gasteiger partial charge >= 0.3 is 0 Å². The van der Waals surface area contributed by atoms with Crippen molar-refractivity contribution in [1.82, 2.24) is 9.88 Å². The van der Waals surface area contributed by atoms with Gasteiger partial charge in [-0.25, -0.2) is 0 Å². The van der Waals surface area contributed by atoms with Gasteiger partial charge in [-0.05, 0) is 30.2 Å². The van der Waals surface area contributed by atoms with Gasteiger partial charge in [0.05, 0.1) is 11.6 Å². The van der Waals surface area contributed by atoms with Crippen molar-refractivity contribution in [2.24, 2.45) is 0 Å². The molecule has 2 aromatic carbocycles. The van der Waals surface area contributed by atoms with Crippen LogP contribution < -0.4 is 0 Å². The minimum atomic E-state index is -0.270. The first-order valence-electron chi connectivity index (χ1n) is 8.51. The van der Waals surface area contributed by atoms with Crippen LogP contribution in [0.3, 0.4) is 0 Å². The van der Waals surface area contributed by atoms with E-state index in [1.165, 1.54) is 0 Å². The van der Waals surface area contributed by atoms with E-state index >= 15 is 0 Å². The topological polar surface area (TPSA) is 33.2 Å². The second-order valence-electron chi connectivity index (χ2n) is 6.14. The van der Waals surface area contributed by atoms with Gasteiger partial charge in [0.1, 0.15) is 0 Å². The van der Waals surface area contributed by atoms with Gasteiger partial charge in [0, 0.05) is 19.3 Å². The molecule has 3 aromatic rings. The molecular formula is C22H22N2O. The first kappa shape index (κ1) is 16.9. The normalized spacial score (nSPS) is 11.7. The molecule has 25 heavy (non-hydrogen) atoms. The van der Waals surface area contributed by atoms with Crippen LogP contribution in [0.2, 0.25) is 0 Å². The van der Waals surface area contributed by atoms with Gasteiger partial charge in [0.25, 0.3) is 0 Å². The van der Waals surface area contributed by atoms with Crippen molar-refractivity contribution in [3.8, 4) is 0 Å². The SMILES string of the molecule is CC(C(=O)N(Cc1ccccc1)Cc1ccccc1)c1ccccn1. The number of carbonyl (C=O) groups excluding carboxylic acids is 1. The van der Waals surface area contributed by atoms with Gasteiger partial charge in [-0.2, -0.15) is 0 Å². The Hall–Kier alpha value is -2.94. The van der Waals surface area contributed by atoms with E-state index in [4.69, 9.17) is 0 Å². The average Bonchev–Trinajstić information content (AvgIpc) is 2.68. The molecule has 3 nitrogen and oxygen atoms in total. The lowest BCUT2D eigenvalue weighted by Crippen LogP contribution is -2.33. The summed E-state index contributed by atoms with van der Waals surface area (Å²) in [5.41, 5.74) is 3.05. The summed E-state index contributed by atoms with van der Waals surface area (Å²) in [6.07, 6.45) is 1.73. The van der Waals surface area contributed by atoms with E-state index in [-0.39, 0.29) is 11.8 Å². The Morgan fingerprint density at radius 2 is 1.36 bits per heavy atom. The Labute approximate surface area is 149 Å². The van der Waals surface area contributed by atoms with Crippen molar-refractivity contribution >= 4 is 5.91 Å². The highest BCUT2D eigenvalue weighted by Crippen LogP contribution is 2.19. The number of benzene rings is 2. The monoisotopic (exact) mass is 330 g/mol. The number of hydrogen-bond donors (Lipinski definition) is 0. The summed E-state index contributed by atoms with van der Waals surface area (Å²) >= 11 is 0. The number of amides is 1. The third-order valence-corrected chi connectivity index (χ3v) is 4.25. The lowest BCUT2D eigenvalue weighted by atomic mass is 10.0. The van der Waals surface area contributed by atoms with E-state index in [1.807, 2.05) is 66.4 Å². The average molecular weight is 330 g/mol. The van der Waals surface area contributed by atoms with Crippen LogP contribution in [0, 0.1) is 0 Å². The Kier molecular flexibility index (Phi) is 5.57. The molecule has 0 bridgehead atoms. The molecule has 0 saturated heterocycles. The molecule has 1 aromatic heterocycles. The number of pyridine rings is 1. The van der Waals surface area contributed by atoms with E-state index in [0.717, 1.165) is 16.8 Å². The quantitative estimate of drug-likeness (QED) is 0.670. The van der Waals surface area contributed by atoms with Crippen molar-refractivity contribution in [2.45, 2.75) is 25.9 Å². The second-order valence-corrected chi connectivity index (χ2v) is 6.14. The fraction of sp³-hybridized carbons (Fsp3) is 0.182. The molecule has 0 aliphatic rings. The summed E-state index contributed by atoms with van der Waals surface area (Å²) in [6.45, 7) is 3.10. The smallest absolute Gasteiger partial charge is 0.232 e. The molecule has 3 rings (SSSR count). The summed E-state index contributed by atoms with van der Waals surface area (Å²) in [4.78, 5) is 19.4. The third kappa shape index (κ3) is 4.54. The zero-order valence-electron chi connectivity index (χ0n) is 14.4. The summed E-state index contributed by atoms with van der Waals surface area (Å²) < 4.78 is 0. The van der Waals surface area contributed by atoms with Crippen LogP contribution >= 0.6 is 0 Å². The summed E-state index contributed by atoms with van der Waals surface area (Å²) in [5, 5.41) is 0. The van der Waals surface area contributed by atoms with Crippen LogP contribution in [0.25, 0.3) is 0 Å². The molecular weight excluding hydrogens is 308 g/mol. The Bertz CT molecular complexity index is 747. The van der Waals surface area contributed by atoms with Gasteiger partial charge in [-0.1, -0.05) is 66.7 Å². The fourth-order valence-electron chi connectivity index (χ4n) is 2.85. The van der Waals surface area contributed by atoms with Crippen molar-refractivity contribution in [1.29, 1.82) is 0 Å². The van der Waals surface area contributed by atoms with Gasteiger partial charge in [-0.15, -0.1) is 0 Å². The summed E-state index contributed by atoms with van der Waals surface area (Å²) in [7, 11) is 0. The van der Waals surface area contributed by atoms with Gasteiger partial charge in [0.15, 0.2) is 0 Å². The van der Waals surface area contributed by atoms with Gasteiger partial charge in [-0.3, -0.25) is 9.78 Å². The van der Waals surface area contributed by atoms with Crippen molar-refractivity contribution in [3.05, 3.63) is 102 Å². The maximum Gasteiger partial charge on any atom is 0.232 e. The van der Waals surface area contributed by atoms with Crippen LogP contribution in [0.5, 0.6) is 0 Å². The number of nitrogens with zero attached hydrogens (tertiary/aromatic N) is 2. The molecule has 3 heteroatoms. The predicted octanol–water partition coefficient (Wildman–Crippen LogP) is 4.41. The molecule has 0 aliphatic carbocycles. The zero-order chi connectivity index (χ0) is 17.5. The third-order valence-electron chi connectivity index (χ3n) is 4.25. The Balaban J connectivity index is 1.83. The maximum atomic E-state index is 13.1. The lowest BCUT2D eigenvalue weighted by molar-refractivity contribution is -0.133. The zero-order valence-corrected chi connectivity index (χ0v) is 14.4.